The third-order valence-corrected chi connectivity index (χ3v) is 3.61. The summed E-state index contributed by atoms with van der Waals surface area (Å²) in [5.41, 5.74) is 9.68. The van der Waals surface area contributed by atoms with Gasteiger partial charge in [-0.25, -0.2) is 4.99 Å². The predicted molar refractivity (Wildman–Crippen MR) is 88.9 cm³/mol. The molecule has 0 fully saturated rings. The lowest BCUT2D eigenvalue weighted by molar-refractivity contribution is 0.776. The Kier molecular flexibility index (Phi) is 3.76. The van der Waals surface area contributed by atoms with Crippen molar-refractivity contribution in [2.75, 3.05) is 0 Å². The molecule has 0 spiro atoms. The topological polar surface area (TPSA) is 50.7 Å². The Morgan fingerprint density at radius 1 is 1.14 bits per heavy atom. The first kappa shape index (κ1) is 13.8. The lowest BCUT2D eigenvalue weighted by atomic mass is 9.99. The fraction of sp³-hybridized carbons (Fsp3) is 0.176. The molecule has 0 aromatic heterocycles. The van der Waals surface area contributed by atoms with Gasteiger partial charge in [0.25, 0.3) is 0 Å². The molecule has 2 N–H and O–H groups in total. The number of hydrogen-bond donors (Lipinski definition) is 1. The fourth-order valence-electron chi connectivity index (χ4n) is 2.46. The number of aliphatic imine (C=N–C) groups is 2. The van der Waals surface area contributed by atoms with Gasteiger partial charge in [-0.15, -0.1) is 0 Å². The van der Waals surface area contributed by atoms with Crippen LogP contribution in [0.15, 0.2) is 58.5 Å². The molecule has 3 rings (SSSR count). The molecule has 0 radical (unpaired) electrons. The Morgan fingerprint density at radius 3 is 2.67 bits per heavy atom. The molecule has 2 aromatic rings. The Bertz CT molecular complexity index is 720. The first-order valence-corrected chi connectivity index (χ1v) is 7.27. The average Bonchev–Trinajstić information content (AvgIpc) is 2.46. The van der Waals surface area contributed by atoms with E-state index in [9.17, 15) is 0 Å². The van der Waals surface area contributed by atoms with Gasteiger partial charge in [0.1, 0.15) is 5.84 Å². The molecule has 2 aromatic carbocycles. The number of benzene rings is 2. The number of nitrogens with zero attached hydrogens (tertiary/aromatic N) is 2. The summed E-state index contributed by atoms with van der Waals surface area (Å²) in [6.07, 6.45) is 0.651. The molecule has 0 bridgehead atoms. The summed E-state index contributed by atoms with van der Waals surface area (Å²) in [6.45, 7) is 2.04. The molecular formula is C17H16ClN3. The van der Waals surface area contributed by atoms with Crippen LogP contribution in [-0.2, 0) is 0 Å². The summed E-state index contributed by atoms with van der Waals surface area (Å²) in [5, 5.41) is 0.666. The van der Waals surface area contributed by atoms with Gasteiger partial charge >= 0.3 is 0 Å². The summed E-state index contributed by atoms with van der Waals surface area (Å²) in [6, 6.07) is 15.8. The molecule has 0 saturated carbocycles. The van der Waals surface area contributed by atoms with Gasteiger partial charge in [0, 0.05) is 22.6 Å². The summed E-state index contributed by atoms with van der Waals surface area (Å²) < 4.78 is 0. The van der Waals surface area contributed by atoms with Crippen LogP contribution in [0.3, 0.4) is 0 Å². The number of amidine groups is 1. The van der Waals surface area contributed by atoms with E-state index in [1.165, 1.54) is 0 Å². The second kappa shape index (κ2) is 5.70. The maximum Gasteiger partial charge on any atom is 0.102 e. The fourth-order valence-corrected chi connectivity index (χ4v) is 2.63. The van der Waals surface area contributed by atoms with Crippen LogP contribution in [0.1, 0.15) is 24.5 Å². The van der Waals surface area contributed by atoms with Crippen LogP contribution in [0.4, 0.5) is 5.69 Å². The molecule has 1 atom stereocenters. The van der Waals surface area contributed by atoms with E-state index in [0.717, 1.165) is 22.5 Å². The van der Waals surface area contributed by atoms with E-state index in [1.54, 1.807) is 0 Å². The highest BCUT2D eigenvalue weighted by Crippen LogP contribution is 2.28. The maximum atomic E-state index is 6.16. The van der Waals surface area contributed by atoms with E-state index in [2.05, 4.69) is 4.99 Å². The number of fused-ring (bicyclic) bond motifs is 1. The average molecular weight is 298 g/mol. The molecule has 1 aliphatic rings. The standard InChI is InChI=1S/C17H16ClN3/c1-11-9-16(19)21-15-8-7-13(18)10-14(15)17(20-11)12-5-3-2-4-6-12/h2-8,10-11H,9H2,1H3,(H2,19,21). The second-order valence-electron chi connectivity index (χ2n) is 5.16. The summed E-state index contributed by atoms with van der Waals surface area (Å²) in [7, 11) is 0. The van der Waals surface area contributed by atoms with Crippen molar-refractivity contribution in [2.45, 2.75) is 19.4 Å². The quantitative estimate of drug-likeness (QED) is 0.851. The molecule has 0 saturated heterocycles. The highest BCUT2D eigenvalue weighted by Gasteiger charge is 2.17. The lowest BCUT2D eigenvalue weighted by Crippen LogP contribution is -2.21. The Balaban J connectivity index is 2.24. The normalized spacial score (nSPS) is 18.1. The second-order valence-corrected chi connectivity index (χ2v) is 5.60. The highest BCUT2D eigenvalue weighted by molar-refractivity contribution is 6.31. The molecule has 1 unspecified atom stereocenters. The van der Waals surface area contributed by atoms with Gasteiger partial charge in [0.2, 0.25) is 0 Å². The van der Waals surface area contributed by atoms with E-state index >= 15 is 0 Å². The minimum atomic E-state index is 0.0797. The van der Waals surface area contributed by atoms with Crippen molar-refractivity contribution in [1.82, 2.24) is 0 Å². The molecule has 4 heteroatoms. The first-order chi connectivity index (χ1) is 10.1. The monoisotopic (exact) mass is 297 g/mol. The van der Waals surface area contributed by atoms with E-state index < -0.39 is 0 Å². The minimum absolute atomic E-state index is 0.0797. The molecule has 3 nitrogen and oxygen atoms in total. The Labute approximate surface area is 129 Å². The van der Waals surface area contributed by atoms with Gasteiger partial charge in [-0.3, -0.25) is 4.99 Å². The SMILES string of the molecule is CC1CC(N)=Nc2ccc(Cl)cc2C(c2ccccc2)=N1. The molecule has 1 aliphatic heterocycles. The van der Waals surface area contributed by atoms with E-state index in [1.807, 2.05) is 55.5 Å². The zero-order chi connectivity index (χ0) is 14.8. The molecule has 0 amide bonds. The summed E-state index contributed by atoms with van der Waals surface area (Å²) in [5.74, 6) is 0.599. The van der Waals surface area contributed by atoms with Gasteiger partial charge in [0.05, 0.1) is 17.4 Å². The highest BCUT2D eigenvalue weighted by atomic mass is 35.5. The molecule has 106 valence electrons. The lowest BCUT2D eigenvalue weighted by Gasteiger charge is -2.17. The molecular weight excluding hydrogens is 282 g/mol. The molecule has 1 heterocycles. The van der Waals surface area contributed by atoms with Crippen LogP contribution in [0.25, 0.3) is 0 Å². The maximum absolute atomic E-state index is 6.16. The number of rotatable bonds is 1. The van der Waals surface area contributed by atoms with Gasteiger partial charge in [0.15, 0.2) is 0 Å². The van der Waals surface area contributed by atoms with E-state index in [4.69, 9.17) is 22.3 Å². The van der Waals surface area contributed by atoms with Crippen LogP contribution in [0.2, 0.25) is 5.02 Å². The van der Waals surface area contributed by atoms with Crippen molar-refractivity contribution >= 4 is 28.8 Å². The van der Waals surface area contributed by atoms with Crippen molar-refractivity contribution in [3.05, 3.63) is 64.7 Å². The smallest absolute Gasteiger partial charge is 0.102 e. The van der Waals surface area contributed by atoms with Crippen LogP contribution in [-0.4, -0.2) is 17.6 Å². The van der Waals surface area contributed by atoms with Crippen molar-refractivity contribution in [3.63, 3.8) is 0 Å². The predicted octanol–water partition coefficient (Wildman–Crippen LogP) is 3.96. The van der Waals surface area contributed by atoms with Crippen molar-refractivity contribution in [2.24, 2.45) is 15.7 Å². The summed E-state index contributed by atoms with van der Waals surface area (Å²) >= 11 is 6.16. The van der Waals surface area contributed by atoms with Crippen molar-refractivity contribution in [1.29, 1.82) is 0 Å². The van der Waals surface area contributed by atoms with Crippen LogP contribution in [0, 0.1) is 0 Å². The van der Waals surface area contributed by atoms with E-state index in [0.29, 0.717) is 17.3 Å². The Hall–Kier alpha value is -2.13. The Morgan fingerprint density at radius 2 is 1.90 bits per heavy atom. The molecule has 21 heavy (non-hydrogen) atoms. The van der Waals surface area contributed by atoms with Crippen LogP contribution in [0.5, 0.6) is 0 Å². The minimum Gasteiger partial charge on any atom is -0.387 e. The third kappa shape index (κ3) is 2.98. The van der Waals surface area contributed by atoms with E-state index in [-0.39, 0.29) is 6.04 Å². The van der Waals surface area contributed by atoms with Gasteiger partial charge in [-0.1, -0.05) is 41.9 Å². The van der Waals surface area contributed by atoms with Crippen LogP contribution < -0.4 is 5.73 Å². The number of halogens is 1. The molecule has 0 aliphatic carbocycles. The third-order valence-electron chi connectivity index (χ3n) is 3.38. The van der Waals surface area contributed by atoms with Crippen molar-refractivity contribution in [3.8, 4) is 0 Å². The number of hydrogen-bond acceptors (Lipinski definition) is 3. The largest absolute Gasteiger partial charge is 0.387 e. The zero-order valence-corrected chi connectivity index (χ0v) is 12.5. The first-order valence-electron chi connectivity index (χ1n) is 6.89. The van der Waals surface area contributed by atoms with Gasteiger partial charge in [-0.2, -0.15) is 0 Å². The van der Waals surface area contributed by atoms with Gasteiger partial charge in [-0.05, 0) is 25.1 Å². The zero-order valence-electron chi connectivity index (χ0n) is 11.8. The summed E-state index contributed by atoms with van der Waals surface area (Å²) in [4.78, 5) is 9.36. The van der Waals surface area contributed by atoms with Crippen molar-refractivity contribution < 1.29 is 0 Å². The van der Waals surface area contributed by atoms with Crippen LogP contribution >= 0.6 is 11.6 Å². The van der Waals surface area contributed by atoms with Gasteiger partial charge < -0.3 is 5.73 Å². The number of nitrogens with two attached hydrogens (primary N) is 1.